The summed E-state index contributed by atoms with van der Waals surface area (Å²) in [6.07, 6.45) is 2.20. The highest BCUT2D eigenvalue weighted by Crippen LogP contribution is 2.24. The minimum absolute atomic E-state index is 0.455. The van der Waals surface area contributed by atoms with Crippen LogP contribution in [0.5, 0.6) is 0 Å². The molecule has 1 nitrogen and oxygen atoms in total. The highest BCUT2D eigenvalue weighted by atomic mass is 35.5. The lowest BCUT2D eigenvalue weighted by Gasteiger charge is -2.19. The van der Waals surface area contributed by atoms with Crippen molar-refractivity contribution < 1.29 is 0 Å². The van der Waals surface area contributed by atoms with Crippen molar-refractivity contribution in [3.8, 4) is 0 Å². The number of hydrogen-bond donors (Lipinski definition) is 1. The summed E-state index contributed by atoms with van der Waals surface area (Å²) < 4.78 is 0. The molecule has 0 heterocycles. The summed E-state index contributed by atoms with van der Waals surface area (Å²) in [6.45, 7) is 6.43. The van der Waals surface area contributed by atoms with Gasteiger partial charge < -0.3 is 5.32 Å². The molecule has 2 heteroatoms. The molecule has 0 spiro atoms. The molecular weight excluding hydrogens is 278 g/mol. The lowest BCUT2D eigenvalue weighted by molar-refractivity contribution is 0.576. The number of hydrogen-bond acceptors (Lipinski definition) is 1. The van der Waals surface area contributed by atoms with Gasteiger partial charge in [0.2, 0.25) is 0 Å². The summed E-state index contributed by atoms with van der Waals surface area (Å²) >= 11 is 6.16. The Morgan fingerprint density at radius 2 is 1.90 bits per heavy atom. The van der Waals surface area contributed by atoms with Crippen molar-refractivity contribution >= 4 is 11.6 Å². The molecule has 0 fully saturated rings. The highest BCUT2D eigenvalue weighted by molar-refractivity contribution is 6.30. The summed E-state index contributed by atoms with van der Waals surface area (Å²) in [7, 11) is 0. The van der Waals surface area contributed by atoms with Gasteiger partial charge in [0.15, 0.2) is 0 Å². The van der Waals surface area contributed by atoms with E-state index in [0.29, 0.717) is 5.92 Å². The minimum Gasteiger partial charge on any atom is -0.316 e. The Labute approximate surface area is 133 Å². The fraction of sp³-hybridized carbons (Fsp3) is 0.368. The van der Waals surface area contributed by atoms with Gasteiger partial charge in [0, 0.05) is 17.5 Å². The van der Waals surface area contributed by atoms with Crippen molar-refractivity contribution in [2.45, 2.75) is 32.6 Å². The maximum atomic E-state index is 6.16. The van der Waals surface area contributed by atoms with Gasteiger partial charge in [-0.15, -0.1) is 0 Å². The smallest absolute Gasteiger partial charge is 0.0408 e. The van der Waals surface area contributed by atoms with E-state index in [2.05, 4.69) is 55.6 Å². The molecule has 0 saturated carbocycles. The van der Waals surface area contributed by atoms with Crippen LogP contribution in [0.3, 0.4) is 0 Å². The molecule has 0 saturated heterocycles. The normalized spacial score (nSPS) is 12.3. The number of nitrogens with one attached hydrogen (secondary N) is 1. The third-order valence-electron chi connectivity index (χ3n) is 3.87. The zero-order valence-corrected chi connectivity index (χ0v) is 13.7. The van der Waals surface area contributed by atoms with Crippen LogP contribution in [0, 0.1) is 6.92 Å². The highest BCUT2D eigenvalue weighted by Gasteiger charge is 2.13. The SMILES string of the molecule is CCCNCC(Cc1ccccc1C)c1cccc(Cl)c1. The Morgan fingerprint density at radius 1 is 1.10 bits per heavy atom. The van der Waals surface area contributed by atoms with Crippen LogP contribution in [0.1, 0.15) is 36.0 Å². The van der Waals surface area contributed by atoms with Gasteiger partial charge in [0.05, 0.1) is 0 Å². The van der Waals surface area contributed by atoms with Gasteiger partial charge in [-0.25, -0.2) is 0 Å². The predicted octanol–water partition coefficient (Wildman–Crippen LogP) is 4.97. The molecule has 112 valence electrons. The first-order valence-electron chi connectivity index (χ1n) is 7.71. The van der Waals surface area contributed by atoms with E-state index in [9.17, 15) is 0 Å². The standard InChI is InChI=1S/C19H24ClN/c1-3-11-21-14-18(17-9-6-10-19(20)13-17)12-16-8-5-4-7-15(16)2/h4-10,13,18,21H,3,11-12,14H2,1-2H3. The maximum Gasteiger partial charge on any atom is 0.0408 e. The first kappa shape index (κ1) is 16.1. The van der Waals surface area contributed by atoms with Crippen LogP contribution < -0.4 is 5.32 Å². The van der Waals surface area contributed by atoms with Crippen molar-refractivity contribution in [1.29, 1.82) is 0 Å². The van der Waals surface area contributed by atoms with Crippen molar-refractivity contribution in [2.24, 2.45) is 0 Å². The molecule has 0 amide bonds. The Bertz CT molecular complexity index is 565. The maximum absolute atomic E-state index is 6.16. The van der Waals surface area contributed by atoms with Crippen molar-refractivity contribution in [1.82, 2.24) is 5.32 Å². The Balaban J connectivity index is 2.17. The van der Waals surface area contributed by atoms with E-state index in [0.717, 1.165) is 31.0 Å². The first-order valence-corrected chi connectivity index (χ1v) is 8.09. The number of aryl methyl sites for hydroxylation is 1. The van der Waals surface area contributed by atoms with E-state index in [1.54, 1.807) is 0 Å². The van der Waals surface area contributed by atoms with Crippen molar-refractivity contribution in [2.75, 3.05) is 13.1 Å². The Hall–Kier alpha value is -1.31. The summed E-state index contributed by atoms with van der Waals surface area (Å²) in [5, 5.41) is 4.37. The fourth-order valence-corrected chi connectivity index (χ4v) is 2.82. The molecule has 2 rings (SSSR count). The summed E-state index contributed by atoms with van der Waals surface area (Å²) in [5.74, 6) is 0.455. The summed E-state index contributed by atoms with van der Waals surface area (Å²) in [4.78, 5) is 0. The van der Waals surface area contributed by atoms with Crippen molar-refractivity contribution in [3.63, 3.8) is 0 Å². The van der Waals surface area contributed by atoms with E-state index < -0.39 is 0 Å². The molecule has 1 N–H and O–H groups in total. The molecule has 1 unspecified atom stereocenters. The molecule has 0 bridgehead atoms. The van der Waals surface area contributed by atoms with Gasteiger partial charge in [-0.1, -0.05) is 54.9 Å². The summed E-state index contributed by atoms with van der Waals surface area (Å²) in [6, 6.07) is 16.9. The van der Waals surface area contributed by atoms with Gasteiger partial charge in [-0.2, -0.15) is 0 Å². The fourth-order valence-electron chi connectivity index (χ4n) is 2.63. The molecule has 0 radical (unpaired) electrons. The van der Waals surface area contributed by atoms with E-state index in [1.165, 1.54) is 16.7 Å². The third-order valence-corrected chi connectivity index (χ3v) is 4.10. The number of rotatable bonds is 7. The van der Waals surface area contributed by atoms with Gasteiger partial charge in [0.25, 0.3) is 0 Å². The molecule has 1 atom stereocenters. The molecule has 2 aromatic rings. The summed E-state index contributed by atoms with van der Waals surface area (Å²) in [5.41, 5.74) is 4.09. The van der Waals surface area contributed by atoms with Crippen molar-refractivity contribution in [3.05, 3.63) is 70.2 Å². The van der Waals surface area contributed by atoms with Crippen LogP contribution in [-0.4, -0.2) is 13.1 Å². The quantitative estimate of drug-likeness (QED) is 0.712. The van der Waals surface area contributed by atoms with Crippen LogP contribution >= 0.6 is 11.6 Å². The average Bonchev–Trinajstić information content (AvgIpc) is 2.48. The monoisotopic (exact) mass is 301 g/mol. The Kier molecular flexibility index (Phi) is 6.28. The van der Waals surface area contributed by atoms with E-state index in [-0.39, 0.29) is 0 Å². The van der Waals surface area contributed by atoms with Gasteiger partial charge in [-0.05, 0) is 55.1 Å². The number of halogens is 1. The van der Waals surface area contributed by atoms with Gasteiger partial charge in [-0.3, -0.25) is 0 Å². The molecule has 21 heavy (non-hydrogen) atoms. The molecule has 2 aromatic carbocycles. The van der Waals surface area contributed by atoms with Crippen LogP contribution in [-0.2, 0) is 6.42 Å². The van der Waals surface area contributed by atoms with E-state index in [4.69, 9.17) is 11.6 Å². The van der Waals surface area contributed by atoms with Crippen LogP contribution in [0.25, 0.3) is 0 Å². The Morgan fingerprint density at radius 3 is 2.62 bits per heavy atom. The molecule has 0 aliphatic carbocycles. The lowest BCUT2D eigenvalue weighted by Crippen LogP contribution is -2.24. The van der Waals surface area contributed by atoms with Crippen LogP contribution in [0.2, 0.25) is 5.02 Å². The average molecular weight is 302 g/mol. The predicted molar refractivity (Wildman–Crippen MR) is 92.2 cm³/mol. The topological polar surface area (TPSA) is 12.0 Å². The largest absolute Gasteiger partial charge is 0.316 e. The number of benzene rings is 2. The zero-order valence-electron chi connectivity index (χ0n) is 12.9. The second-order valence-corrected chi connectivity index (χ2v) is 6.02. The molecular formula is C19H24ClN. The van der Waals surface area contributed by atoms with E-state index in [1.807, 2.05) is 12.1 Å². The zero-order chi connectivity index (χ0) is 15.1. The van der Waals surface area contributed by atoms with Crippen LogP contribution in [0.4, 0.5) is 0 Å². The van der Waals surface area contributed by atoms with Gasteiger partial charge >= 0.3 is 0 Å². The van der Waals surface area contributed by atoms with Crippen LogP contribution in [0.15, 0.2) is 48.5 Å². The second kappa shape index (κ2) is 8.21. The van der Waals surface area contributed by atoms with E-state index >= 15 is 0 Å². The lowest BCUT2D eigenvalue weighted by atomic mass is 9.90. The minimum atomic E-state index is 0.455. The first-order chi connectivity index (χ1) is 10.2. The van der Waals surface area contributed by atoms with Gasteiger partial charge in [0.1, 0.15) is 0 Å². The third kappa shape index (κ3) is 4.87. The molecule has 0 aliphatic heterocycles. The second-order valence-electron chi connectivity index (χ2n) is 5.59. The molecule has 0 aromatic heterocycles. The molecule has 0 aliphatic rings.